The fourth-order valence-electron chi connectivity index (χ4n) is 2.87. The Bertz CT molecular complexity index is 402. The highest BCUT2D eigenvalue weighted by molar-refractivity contribution is 6.72. The number of aryl methyl sites for hydroxylation is 1. The molecule has 1 aromatic carbocycles. The van der Waals surface area contributed by atoms with Gasteiger partial charge < -0.3 is 14.4 Å². The number of benzene rings is 1. The molecule has 1 rings (SSSR count). The standard InChI is InChI=1S/C18H32O3Si/c1-2-3-4-5-6-7-8-9-10-11-14-17-15-12-13-16-18(17)22(19,20)21/h12-13,15-16,19-21H,2-11,14H2,1H3. The van der Waals surface area contributed by atoms with Crippen molar-refractivity contribution < 1.29 is 14.4 Å². The predicted octanol–water partition coefficient (Wildman–Crippen LogP) is 3.27. The second-order valence-electron chi connectivity index (χ2n) is 6.22. The maximum atomic E-state index is 9.48. The van der Waals surface area contributed by atoms with Crippen LogP contribution in [0.4, 0.5) is 0 Å². The van der Waals surface area contributed by atoms with Gasteiger partial charge in [-0.05, 0) is 18.4 Å². The lowest BCUT2D eigenvalue weighted by molar-refractivity contribution is 0.249. The normalized spacial score (nSPS) is 11.8. The van der Waals surface area contributed by atoms with Crippen molar-refractivity contribution in [1.29, 1.82) is 0 Å². The molecule has 0 amide bonds. The Morgan fingerprint density at radius 3 is 1.77 bits per heavy atom. The van der Waals surface area contributed by atoms with E-state index in [9.17, 15) is 14.4 Å². The third-order valence-corrected chi connectivity index (χ3v) is 5.39. The van der Waals surface area contributed by atoms with Crippen molar-refractivity contribution in [1.82, 2.24) is 0 Å². The number of hydrogen-bond donors (Lipinski definition) is 3. The van der Waals surface area contributed by atoms with E-state index in [0.717, 1.165) is 18.4 Å². The van der Waals surface area contributed by atoms with Crippen LogP contribution in [-0.4, -0.2) is 23.2 Å². The first-order chi connectivity index (χ1) is 10.6. The van der Waals surface area contributed by atoms with Gasteiger partial charge in [-0.2, -0.15) is 0 Å². The zero-order valence-electron chi connectivity index (χ0n) is 13.9. The summed E-state index contributed by atoms with van der Waals surface area (Å²) in [6.07, 6.45) is 13.7. The van der Waals surface area contributed by atoms with Gasteiger partial charge in [0.15, 0.2) is 0 Å². The minimum atomic E-state index is -4.18. The zero-order chi connectivity index (χ0) is 16.3. The summed E-state index contributed by atoms with van der Waals surface area (Å²) in [6.45, 7) is 2.25. The Kier molecular flexibility index (Phi) is 9.63. The molecule has 0 aliphatic rings. The van der Waals surface area contributed by atoms with Crippen LogP contribution in [-0.2, 0) is 6.42 Å². The molecule has 4 heteroatoms. The minimum absolute atomic E-state index is 0.339. The lowest BCUT2D eigenvalue weighted by Gasteiger charge is -2.14. The molecule has 126 valence electrons. The molecule has 1 aromatic rings. The summed E-state index contributed by atoms with van der Waals surface area (Å²) >= 11 is 0. The van der Waals surface area contributed by atoms with Gasteiger partial charge >= 0.3 is 8.80 Å². The largest absolute Gasteiger partial charge is 0.529 e. The molecule has 0 fully saturated rings. The highest BCUT2D eigenvalue weighted by Crippen LogP contribution is 2.12. The molecular weight excluding hydrogens is 292 g/mol. The predicted molar refractivity (Wildman–Crippen MR) is 94.0 cm³/mol. The Balaban J connectivity index is 2.13. The van der Waals surface area contributed by atoms with Crippen molar-refractivity contribution in [2.24, 2.45) is 0 Å². The molecule has 0 saturated carbocycles. The Labute approximate surface area is 136 Å². The van der Waals surface area contributed by atoms with Gasteiger partial charge in [0.25, 0.3) is 0 Å². The van der Waals surface area contributed by atoms with Crippen molar-refractivity contribution in [2.75, 3.05) is 0 Å². The molecule has 0 bridgehead atoms. The van der Waals surface area contributed by atoms with Gasteiger partial charge in [-0.3, -0.25) is 0 Å². The van der Waals surface area contributed by atoms with E-state index in [-0.39, 0.29) is 0 Å². The summed E-state index contributed by atoms with van der Waals surface area (Å²) in [5, 5.41) is 0.339. The molecular formula is C18H32O3Si. The van der Waals surface area contributed by atoms with Crippen molar-refractivity contribution in [3.8, 4) is 0 Å². The van der Waals surface area contributed by atoms with E-state index in [4.69, 9.17) is 0 Å². The van der Waals surface area contributed by atoms with Crippen molar-refractivity contribution >= 4 is 14.0 Å². The fourth-order valence-corrected chi connectivity index (χ4v) is 3.83. The van der Waals surface area contributed by atoms with Gasteiger partial charge in [0.2, 0.25) is 0 Å². The van der Waals surface area contributed by atoms with Crippen LogP contribution in [0, 0.1) is 0 Å². The Morgan fingerprint density at radius 1 is 0.727 bits per heavy atom. The second kappa shape index (κ2) is 10.9. The average molecular weight is 325 g/mol. The van der Waals surface area contributed by atoms with Crippen molar-refractivity contribution in [3.63, 3.8) is 0 Å². The molecule has 0 aliphatic carbocycles. The monoisotopic (exact) mass is 324 g/mol. The molecule has 0 radical (unpaired) electrons. The highest BCUT2D eigenvalue weighted by Gasteiger charge is 2.32. The first-order valence-corrected chi connectivity index (χ1v) is 10.7. The summed E-state index contributed by atoms with van der Waals surface area (Å²) < 4.78 is 0. The zero-order valence-corrected chi connectivity index (χ0v) is 14.9. The van der Waals surface area contributed by atoms with Gasteiger partial charge in [0.1, 0.15) is 0 Å². The summed E-state index contributed by atoms with van der Waals surface area (Å²) in [7, 11) is -4.18. The van der Waals surface area contributed by atoms with Crippen LogP contribution in [0.1, 0.15) is 76.7 Å². The van der Waals surface area contributed by atoms with Gasteiger partial charge in [-0.25, -0.2) is 0 Å². The summed E-state index contributed by atoms with van der Waals surface area (Å²) in [5.74, 6) is 0. The quantitative estimate of drug-likeness (QED) is 0.408. The van der Waals surface area contributed by atoms with Crippen LogP contribution in [0.25, 0.3) is 0 Å². The fraction of sp³-hybridized carbons (Fsp3) is 0.667. The topological polar surface area (TPSA) is 60.7 Å². The minimum Gasteiger partial charge on any atom is -0.386 e. The van der Waals surface area contributed by atoms with E-state index < -0.39 is 8.80 Å². The first kappa shape index (κ1) is 19.4. The van der Waals surface area contributed by atoms with E-state index in [2.05, 4.69) is 6.92 Å². The Hall–Kier alpha value is -0.683. The third kappa shape index (κ3) is 8.08. The number of unbranched alkanes of at least 4 members (excludes halogenated alkanes) is 9. The van der Waals surface area contributed by atoms with Gasteiger partial charge in [-0.15, -0.1) is 0 Å². The van der Waals surface area contributed by atoms with Crippen molar-refractivity contribution in [3.05, 3.63) is 29.8 Å². The van der Waals surface area contributed by atoms with E-state index in [1.165, 1.54) is 57.8 Å². The summed E-state index contributed by atoms with van der Waals surface area (Å²) in [4.78, 5) is 28.4. The lowest BCUT2D eigenvalue weighted by atomic mass is 10.0. The molecule has 0 heterocycles. The number of rotatable bonds is 12. The molecule has 22 heavy (non-hydrogen) atoms. The first-order valence-electron chi connectivity index (χ1n) is 8.81. The van der Waals surface area contributed by atoms with Crippen LogP contribution in [0.5, 0.6) is 0 Å². The van der Waals surface area contributed by atoms with E-state index in [0.29, 0.717) is 5.19 Å². The van der Waals surface area contributed by atoms with Gasteiger partial charge in [-0.1, -0.05) is 89.0 Å². The highest BCUT2D eigenvalue weighted by atomic mass is 28.4. The molecule has 0 atom stereocenters. The van der Waals surface area contributed by atoms with Gasteiger partial charge in [0, 0.05) is 5.19 Å². The number of hydrogen-bond acceptors (Lipinski definition) is 3. The van der Waals surface area contributed by atoms with E-state index in [1.807, 2.05) is 12.1 Å². The van der Waals surface area contributed by atoms with Crippen molar-refractivity contribution in [2.45, 2.75) is 77.6 Å². The smallest absolute Gasteiger partial charge is 0.386 e. The molecule has 0 aliphatic heterocycles. The molecule has 3 N–H and O–H groups in total. The van der Waals surface area contributed by atoms with Crippen LogP contribution in [0.15, 0.2) is 24.3 Å². The SMILES string of the molecule is CCCCCCCCCCCCc1ccccc1[Si](O)(O)O. The molecule has 0 saturated heterocycles. The average Bonchev–Trinajstić information content (AvgIpc) is 2.48. The molecule has 0 aromatic heterocycles. The lowest BCUT2D eigenvalue weighted by Crippen LogP contribution is -2.50. The van der Waals surface area contributed by atoms with Crippen LogP contribution < -0.4 is 5.19 Å². The maximum absolute atomic E-state index is 9.48. The maximum Gasteiger partial charge on any atom is 0.529 e. The van der Waals surface area contributed by atoms with Gasteiger partial charge in [0.05, 0.1) is 0 Å². The second-order valence-corrected chi connectivity index (χ2v) is 8.03. The van der Waals surface area contributed by atoms with Crippen LogP contribution in [0.2, 0.25) is 0 Å². The molecule has 0 unspecified atom stereocenters. The molecule has 0 spiro atoms. The van der Waals surface area contributed by atoms with Crippen LogP contribution in [0.3, 0.4) is 0 Å². The van der Waals surface area contributed by atoms with E-state index in [1.54, 1.807) is 12.1 Å². The molecule has 3 nitrogen and oxygen atoms in total. The summed E-state index contributed by atoms with van der Waals surface area (Å²) in [5.41, 5.74) is 0.876. The van der Waals surface area contributed by atoms with Crippen LogP contribution >= 0.6 is 0 Å². The van der Waals surface area contributed by atoms with E-state index >= 15 is 0 Å². The Morgan fingerprint density at radius 2 is 1.23 bits per heavy atom. The third-order valence-electron chi connectivity index (χ3n) is 4.18. The summed E-state index contributed by atoms with van der Waals surface area (Å²) in [6, 6.07) is 7.13.